The van der Waals surface area contributed by atoms with Crippen LogP contribution in [0.5, 0.6) is 6.01 Å². The van der Waals surface area contributed by atoms with E-state index in [1.54, 1.807) is 12.4 Å². The normalized spacial score (nSPS) is 17.1. The van der Waals surface area contributed by atoms with Crippen molar-refractivity contribution in [2.45, 2.75) is 52.6 Å². The van der Waals surface area contributed by atoms with Gasteiger partial charge in [-0.2, -0.15) is 0 Å². The third-order valence-corrected chi connectivity index (χ3v) is 2.51. The van der Waals surface area contributed by atoms with Gasteiger partial charge in [-0.15, -0.1) is 0 Å². The van der Waals surface area contributed by atoms with Gasteiger partial charge in [0.1, 0.15) is 5.60 Å². The maximum atomic E-state index is 5.67. The van der Waals surface area contributed by atoms with Gasteiger partial charge >= 0.3 is 6.01 Å². The van der Waals surface area contributed by atoms with Gasteiger partial charge in [-0.1, -0.05) is 13.8 Å². The predicted octanol–water partition coefficient (Wildman–Crippen LogP) is 3.13. The molecule has 0 unspecified atom stereocenters. The predicted molar refractivity (Wildman–Crippen MR) is 61.0 cm³/mol. The Morgan fingerprint density at radius 1 is 1.20 bits per heavy atom. The summed E-state index contributed by atoms with van der Waals surface area (Å²) in [5.41, 5.74) is 1.06. The van der Waals surface area contributed by atoms with E-state index in [4.69, 9.17) is 4.74 Å². The first kappa shape index (κ1) is 12.0. The van der Waals surface area contributed by atoms with Crippen molar-refractivity contribution in [1.29, 1.82) is 0 Å². The van der Waals surface area contributed by atoms with Crippen molar-refractivity contribution in [2.24, 2.45) is 0 Å². The molecule has 1 heterocycles. The van der Waals surface area contributed by atoms with Crippen molar-refractivity contribution in [1.82, 2.24) is 9.97 Å². The lowest BCUT2D eigenvalue weighted by Crippen LogP contribution is -2.40. The molecule has 1 aromatic heterocycles. The summed E-state index contributed by atoms with van der Waals surface area (Å²) in [7, 11) is 0. The SMILES string of the molecule is CC.Cc1cnc(OC2(C)CCC2)nc1. The Bertz CT molecular complexity index is 291. The van der Waals surface area contributed by atoms with Gasteiger partial charge in [0.15, 0.2) is 0 Å². The summed E-state index contributed by atoms with van der Waals surface area (Å²) < 4.78 is 5.67. The molecule has 15 heavy (non-hydrogen) atoms. The van der Waals surface area contributed by atoms with Crippen molar-refractivity contribution in [3.05, 3.63) is 18.0 Å². The lowest BCUT2D eigenvalue weighted by molar-refractivity contribution is 0.00280. The fourth-order valence-corrected chi connectivity index (χ4v) is 1.43. The number of aryl methyl sites for hydroxylation is 1. The summed E-state index contributed by atoms with van der Waals surface area (Å²) in [5.74, 6) is 0. The highest BCUT2D eigenvalue weighted by Crippen LogP contribution is 2.34. The molecular weight excluding hydrogens is 188 g/mol. The summed E-state index contributed by atoms with van der Waals surface area (Å²) in [6, 6.07) is 0.507. The van der Waals surface area contributed by atoms with E-state index in [1.807, 2.05) is 20.8 Å². The molecule has 84 valence electrons. The maximum absolute atomic E-state index is 5.67. The molecular formula is C12H20N2O. The van der Waals surface area contributed by atoms with E-state index in [2.05, 4.69) is 16.9 Å². The van der Waals surface area contributed by atoms with E-state index in [0.717, 1.165) is 18.4 Å². The molecule has 0 aromatic carbocycles. The number of rotatable bonds is 2. The summed E-state index contributed by atoms with van der Waals surface area (Å²) in [4.78, 5) is 8.22. The zero-order valence-electron chi connectivity index (χ0n) is 10.1. The van der Waals surface area contributed by atoms with Crippen LogP contribution in [0.25, 0.3) is 0 Å². The molecule has 3 heteroatoms. The van der Waals surface area contributed by atoms with Gasteiger partial charge in [-0.25, -0.2) is 9.97 Å². The van der Waals surface area contributed by atoms with Gasteiger partial charge in [0.25, 0.3) is 0 Å². The third kappa shape index (κ3) is 3.18. The Balaban J connectivity index is 0.000000531. The molecule has 3 nitrogen and oxygen atoms in total. The fourth-order valence-electron chi connectivity index (χ4n) is 1.43. The van der Waals surface area contributed by atoms with Crippen molar-refractivity contribution in [3.8, 4) is 6.01 Å². The van der Waals surface area contributed by atoms with E-state index in [1.165, 1.54) is 6.42 Å². The van der Waals surface area contributed by atoms with E-state index in [9.17, 15) is 0 Å². The minimum atomic E-state index is -0.00470. The molecule has 0 radical (unpaired) electrons. The molecule has 0 N–H and O–H groups in total. The second-order valence-electron chi connectivity index (χ2n) is 3.95. The number of hydrogen-bond donors (Lipinski definition) is 0. The van der Waals surface area contributed by atoms with Gasteiger partial charge in [-0.05, 0) is 38.7 Å². The molecule has 0 aliphatic heterocycles. The van der Waals surface area contributed by atoms with Crippen LogP contribution in [0.4, 0.5) is 0 Å². The quantitative estimate of drug-likeness (QED) is 0.749. The Labute approximate surface area is 91.9 Å². The lowest BCUT2D eigenvalue weighted by Gasteiger charge is -2.37. The van der Waals surface area contributed by atoms with Gasteiger partial charge in [0.05, 0.1) is 0 Å². The monoisotopic (exact) mass is 208 g/mol. The van der Waals surface area contributed by atoms with Crippen molar-refractivity contribution in [3.63, 3.8) is 0 Å². The van der Waals surface area contributed by atoms with Crippen molar-refractivity contribution < 1.29 is 4.74 Å². The Morgan fingerprint density at radius 2 is 1.73 bits per heavy atom. The third-order valence-electron chi connectivity index (χ3n) is 2.51. The minimum absolute atomic E-state index is 0.00470. The van der Waals surface area contributed by atoms with E-state index in [-0.39, 0.29) is 5.60 Å². The van der Waals surface area contributed by atoms with E-state index in [0.29, 0.717) is 6.01 Å². The summed E-state index contributed by atoms with van der Waals surface area (Å²) >= 11 is 0. The molecule has 1 aliphatic carbocycles. The van der Waals surface area contributed by atoms with Crippen molar-refractivity contribution >= 4 is 0 Å². The molecule has 0 saturated heterocycles. The second-order valence-corrected chi connectivity index (χ2v) is 3.95. The molecule has 1 aliphatic rings. The number of aromatic nitrogens is 2. The standard InChI is InChI=1S/C10H14N2O.C2H6/c1-8-6-11-9(12-7-8)13-10(2)4-3-5-10;1-2/h6-7H,3-5H2,1-2H3;1-2H3. The summed E-state index contributed by atoms with van der Waals surface area (Å²) in [5, 5.41) is 0. The molecule has 1 fully saturated rings. The molecule has 1 aromatic rings. The van der Waals surface area contributed by atoms with E-state index >= 15 is 0 Å². The van der Waals surface area contributed by atoms with Gasteiger partial charge in [-0.3, -0.25) is 0 Å². The molecule has 2 rings (SSSR count). The Morgan fingerprint density at radius 3 is 2.13 bits per heavy atom. The summed E-state index contributed by atoms with van der Waals surface area (Å²) in [6.45, 7) is 8.08. The summed E-state index contributed by atoms with van der Waals surface area (Å²) in [6.07, 6.45) is 7.05. The molecule has 0 bridgehead atoms. The number of ether oxygens (including phenoxy) is 1. The molecule has 0 atom stereocenters. The van der Waals surface area contributed by atoms with Gasteiger partial charge in [0, 0.05) is 12.4 Å². The first-order valence-corrected chi connectivity index (χ1v) is 5.66. The average Bonchev–Trinajstić information content (AvgIpc) is 2.22. The van der Waals surface area contributed by atoms with Crippen LogP contribution in [0.2, 0.25) is 0 Å². The van der Waals surface area contributed by atoms with Crippen LogP contribution in [-0.2, 0) is 0 Å². The zero-order valence-corrected chi connectivity index (χ0v) is 10.1. The van der Waals surface area contributed by atoms with Crippen LogP contribution in [0.3, 0.4) is 0 Å². The number of hydrogen-bond acceptors (Lipinski definition) is 3. The Hall–Kier alpha value is -1.12. The highest BCUT2D eigenvalue weighted by atomic mass is 16.5. The minimum Gasteiger partial charge on any atom is -0.457 e. The molecule has 0 amide bonds. The van der Waals surface area contributed by atoms with Crippen LogP contribution in [-0.4, -0.2) is 15.6 Å². The van der Waals surface area contributed by atoms with Crippen LogP contribution in [0.1, 0.15) is 45.6 Å². The zero-order chi connectivity index (χ0) is 11.3. The smallest absolute Gasteiger partial charge is 0.316 e. The lowest BCUT2D eigenvalue weighted by atomic mass is 9.82. The topological polar surface area (TPSA) is 35.0 Å². The van der Waals surface area contributed by atoms with Crippen LogP contribution >= 0.6 is 0 Å². The van der Waals surface area contributed by atoms with Gasteiger partial charge in [0.2, 0.25) is 0 Å². The average molecular weight is 208 g/mol. The maximum Gasteiger partial charge on any atom is 0.316 e. The highest BCUT2D eigenvalue weighted by molar-refractivity contribution is 5.06. The highest BCUT2D eigenvalue weighted by Gasteiger charge is 2.34. The van der Waals surface area contributed by atoms with Gasteiger partial charge < -0.3 is 4.74 Å². The van der Waals surface area contributed by atoms with Crippen molar-refractivity contribution in [2.75, 3.05) is 0 Å². The first-order chi connectivity index (χ1) is 7.18. The largest absolute Gasteiger partial charge is 0.457 e. The van der Waals surface area contributed by atoms with Crippen LogP contribution < -0.4 is 4.74 Å². The van der Waals surface area contributed by atoms with E-state index < -0.39 is 0 Å². The Kier molecular flexibility index (Phi) is 4.06. The molecule has 0 spiro atoms. The fraction of sp³-hybridized carbons (Fsp3) is 0.667. The van der Waals surface area contributed by atoms with Crippen LogP contribution in [0, 0.1) is 6.92 Å². The first-order valence-electron chi connectivity index (χ1n) is 5.66. The second kappa shape index (κ2) is 5.10. The number of nitrogens with zero attached hydrogens (tertiary/aromatic N) is 2. The molecule has 1 saturated carbocycles. The van der Waals surface area contributed by atoms with Crippen LogP contribution in [0.15, 0.2) is 12.4 Å².